The van der Waals surface area contributed by atoms with Gasteiger partial charge in [0.1, 0.15) is 11.6 Å². The fourth-order valence-electron chi connectivity index (χ4n) is 1.48. The molecule has 104 valence electrons. The summed E-state index contributed by atoms with van der Waals surface area (Å²) in [6, 6.07) is 7.05. The summed E-state index contributed by atoms with van der Waals surface area (Å²) in [5, 5.41) is 5.43. The lowest BCUT2D eigenvalue weighted by atomic mass is 10.2. The van der Waals surface area contributed by atoms with E-state index in [0.29, 0.717) is 5.56 Å². The molecule has 1 aromatic heterocycles. The Bertz CT molecular complexity index is 715. The second kappa shape index (κ2) is 5.52. The maximum Gasteiger partial charge on any atom is 0.329 e. The van der Waals surface area contributed by atoms with E-state index in [1.807, 2.05) is 0 Å². The molecule has 0 fully saturated rings. The van der Waals surface area contributed by atoms with Gasteiger partial charge in [0.05, 0.1) is 6.21 Å². The van der Waals surface area contributed by atoms with Crippen molar-refractivity contribution in [3.63, 3.8) is 0 Å². The Morgan fingerprint density at radius 2 is 1.95 bits per heavy atom. The first-order chi connectivity index (χ1) is 9.47. The van der Waals surface area contributed by atoms with Crippen molar-refractivity contribution in [2.45, 2.75) is 0 Å². The third-order valence-corrected chi connectivity index (χ3v) is 2.73. The molecule has 1 aromatic carbocycles. The summed E-state index contributed by atoms with van der Waals surface area (Å²) in [6.45, 7) is 0. The van der Waals surface area contributed by atoms with E-state index >= 15 is 0 Å². The number of hydrazone groups is 1. The van der Waals surface area contributed by atoms with Gasteiger partial charge in [0.25, 0.3) is 5.56 Å². The van der Waals surface area contributed by atoms with E-state index in [1.54, 1.807) is 19.2 Å². The van der Waals surface area contributed by atoms with Gasteiger partial charge in [-0.05, 0) is 17.7 Å². The molecule has 1 heterocycles. The van der Waals surface area contributed by atoms with Crippen LogP contribution in [0.15, 0.2) is 45.0 Å². The van der Waals surface area contributed by atoms with Crippen LogP contribution in [0, 0.1) is 5.82 Å². The summed E-state index contributed by atoms with van der Waals surface area (Å²) in [6.07, 6.45) is 1.50. The van der Waals surface area contributed by atoms with Crippen LogP contribution in [0.4, 0.5) is 10.2 Å². The fraction of sp³-hybridized carbons (Fsp3) is 0.154. The first-order valence-electron chi connectivity index (χ1n) is 5.81. The zero-order valence-electron chi connectivity index (χ0n) is 11.0. The first kappa shape index (κ1) is 13.7. The number of rotatable bonds is 3. The number of aromatic nitrogens is 2. The van der Waals surface area contributed by atoms with E-state index < -0.39 is 11.2 Å². The van der Waals surface area contributed by atoms with Gasteiger partial charge in [0.15, 0.2) is 0 Å². The monoisotopic (exact) mass is 276 g/mol. The lowest BCUT2D eigenvalue weighted by Gasteiger charge is -2.12. The van der Waals surface area contributed by atoms with Gasteiger partial charge in [-0.3, -0.25) is 19.4 Å². The van der Waals surface area contributed by atoms with E-state index in [2.05, 4.69) is 10.1 Å². The second-order valence-electron chi connectivity index (χ2n) is 4.18. The van der Waals surface area contributed by atoms with Crippen LogP contribution in [0.1, 0.15) is 5.56 Å². The molecule has 1 N–H and O–H groups in total. The Hall–Kier alpha value is -2.70. The van der Waals surface area contributed by atoms with Crippen LogP contribution >= 0.6 is 0 Å². The Morgan fingerprint density at radius 3 is 2.55 bits per heavy atom. The minimum Gasteiger partial charge on any atom is -0.292 e. The van der Waals surface area contributed by atoms with Gasteiger partial charge in [-0.1, -0.05) is 12.1 Å². The predicted molar refractivity (Wildman–Crippen MR) is 74.7 cm³/mol. The van der Waals surface area contributed by atoms with Crippen molar-refractivity contribution in [3.05, 3.63) is 62.6 Å². The summed E-state index contributed by atoms with van der Waals surface area (Å²) in [5.41, 5.74) is -0.242. The van der Waals surface area contributed by atoms with Gasteiger partial charge in [0, 0.05) is 20.2 Å². The fourth-order valence-corrected chi connectivity index (χ4v) is 1.48. The highest BCUT2D eigenvalue weighted by Gasteiger charge is 2.03. The van der Waals surface area contributed by atoms with Crippen molar-refractivity contribution in [2.24, 2.45) is 12.1 Å². The molecule has 0 amide bonds. The maximum absolute atomic E-state index is 12.7. The number of hydrogen-bond donors (Lipinski definition) is 1. The van der Waals surface area contributed by atoms with Crippen molar-refractivity contribution < 1.29 is 4.39 Å². The molecule has 20 heavy (non-hydrogen) atoms. The highest BCUT2D eigenvalue weighted by Crippen LogP contribution is 2.04. The SMILES string of the molecule is CN(/N=C\c1ccc(F)cc1)c1cc(=O)n(C)c(=O)[nH]1. The van der Waals surface area contributed by atoms with Crippen molar-refractivity contribution in [1.82, 2.24) is 9.55 Å². The largest absolute Gasteiger partial charge is 0.329 e. The molecule has 6 nitrogen and oxygen atoms in total. The predicted octanol–water partition coefficient (Wildman–Crippen LogP) is 0.683. The molecule has 2 rings (SSSR count). The number of aromatic amines is 1. The molecule has 0 radical (unpaired) electrons. The van der Waals surface area contributed by atoms with Gasteiger partial charge in [-0.15, -0.1) is 0 Å². The summed E-state index contributed by atoms with van der Waals surface area (Å²) in [7, 11) is 2.97. The Kier molecular flexibility index (Phi) is 3.79. The third-order valence-electron chi connectivity index (χ3n) is 2.73. The number of hydrogen-bond acceptors (Lipinski definition) is 4. The molecule has 0 saturated carbocycles. The second-order valence-corrected chi connectivity index (χ2v) is 4.18. The van der Waals surface area contributed by atoms with Gasteiger partial charge < -0.3 is 0 Å². The van der Waals surface area contributed by atoms with Crippen LogP contribution in [-0.2, 0) is 7.05 Å². The summed E-state index contributed by atoms with van der Waals surface area (Å²) in [5.74, 6) is -0.0529. The summed E-state index contributed by atoms with van der Waals surface area (Å²) >= 11 is 0. The van der Waals surface area contributed by atoms with Crippen LogP contribution in [0.25, 0.3) is 0 Å². The van der Waals surface area contributed by atoms with E-state index in [0.717, 1.165) is 4.57 Å². The molecule has 0 atom stereocenters. The number of benzene rings is 1. The van der Waals surface area contributed by atoms with Crippen LogP contribution in [-0.4, -0.2) is 22.8 Å². The molecule has 0 aliphatic rings. The van der Waals surface area contributed by atoms with Crippen LogP contribution in [0.5, 0.6) is 0 Å². The van der Waals surface area contributed by atoms with Crippen molar-refractivity contribution in [3.8, 4) is 0 Å². The lowest BCUT2D eigenvalue weighted by molar-refractivity contribution is 0.628. The van der Waals surface area contributed by atoms with Crippen LogP contribution in [0.2, 0.25) is 0 Å². The minimum absolute atomic E-state index is 0.275. The zero-order chi connectivity index (χ0) is 14.7. The number of H-pyrrole nitrogens is 1. The third kappa shape index (κ3) is 3.00. The quantitative estimate of drug-likeness (QED) is 0.662. The van der Waals surface area contributed by atoms with Crippen molar-refractivity contribution in [2.75, 3.05) is 12.1 Å². The number of halogens is 1. The Morgan fingerprint density at radius 1 is 1.30 bits per heavy atom. The van der Waals surface area contributed by atoms with Gasteiger partial charge >= 0.3 is 5.69 Å². The topological polar surface area (TPSA) is 70.5 Å². The molecule has 0 spiro atoms. The molecule has 0 unspecified atom stereocenters. The molecular weight excluding hydrogens is 263 g/mol. The van der Waals surface area contributed by atoms with Crippen molar-refractivity contribution in [1.29, 1.82) is 0 Å². The molecule has 0 bridgehead atoms. The average Bonchev–Trinajstić information content (AvgIpc) is 2.43. The highest BCUT2D eigenvalue weighted by molar-refractivity contribution is 5.80. The molecule has 0 aliphatic carbocycles. The van der Waals surface area contributed by atoms with E-state index in [1.165, 1.54) is 36.5 Å². The number of anilines is 1. The highest BCUT2D eigenvalue weighted by atomic mass is 19.1. The van der Waals surface area contributed by atoms with Crippen LogP contribution < -0.4 is 16.3 Å². The zero-order valence-corrected chi connectivity index (χ0v) is 11.0. The Labute approximate surface area is 113 Å². The summed E-state index contributed by atoms with van der Waals surface area (Å²) in [4.78, 5) is 25.5. The summed E-state index contributed by atoms with van der Waals surface area (Å²) < 4.78 is 13.7. The molecule has 0 aliphatic heterocycles. The smallest absolute Gasteiger partial charge is 0.292 e. The molecule has 2 aromatic rings. The number of nitrogens with zero attached hydrogens (tertiary/aromatic N) is 3. The number of nitrogens with one attached hydrogen (secondary N) is 1. The van der Waals surface area contributed by atoms with Gasteiger partial charge in [-0.2, -0.15) is 5.10 Å². The molecule has 0 saturated heterocycles. The first-order valence-corrected chi connectivity index (χ1v) is 5.81. The standard InChI is InChI=1S/C13H13FN4O2/c1-17-12(19)7-11(16-13(17)20)18(2)15-8-9-3-5-10(14)6-4-9/h3-8H,1-2H3,(H,16,20)/b15-8-. The minimum atomic E-state index is -0.517. The van der Waals surface area contributed by atoms with E-state index in [-0.39, 0.29) is 11.6 Å². The Balaban J connectivity index is 2.24. The average molecular weight is 276 g/mol. The van der Waals surface area contributed by atoms with Gasteiger partial charge in [0.2, 0.25) is 0 Å². The van der Waals surface area contributed by atoms with Crippen molar-refractivity contribution >= 4 is 12.0 Å². The molecular formula is C13H13FN4O2. The van der Waals surface area contributed by atoms with Crippen LogP contribution in [0.3, 0.4) is 0 Å². The van der Waals surface area contributed by atoms with Gasteiger partial charge in [-0.25, -0.2) is 9.18 Å². The maximum atomic E-state index is 12.7. The lowest BCUT2D eigenvalue weighted by Crippen LogP contribution is -2.33. The van der Waals surface area contributed by atoms with E-state index in [9.17, 15) is 14.0 Å². The molecule has 7 heteroatoms. The normalized spacial score (nSPS) is 10.9. The van der Waals surface area contributed by atoms with E-state index in [4.69, 9.17) is 0 Å².